The van der Waals surface area contributed by atoms with Gasteiger partial charge in [-0.15, -0.1) is 0 Å². The Balaban J connectivity index is 2.37. The largest absolute Gasteiger partial charge is 0.469 e. The number of benzene rings is 1. The second-order valence-corrected chi connectivity index (χ2v) is 5.15. The highest BCUT2D eigenvalue weighted by atomic mass is 32.2. The van der Waals surface area contributed by atoms with E-state index in [2.05, 4.69) is 10.1 Å². The minimum Gasteiger partial charge on any atom is -0.469 e. The molecule has 7 heteroatoms. The van der Waals surface area contributed by atoms with E-state index in [1.807, 2.05) is 0 Å². The fraction of sp³-hybridized carbons (Fsp3) is 0.385. The van der Waals surface area contributed by atoms with Crippen molar-refractivity contribution in [3.05, 3.63) is 29.8 Å². The third kappa shape index (κ3) is 5.16. The molecule has 0 bridgehead atoms. The monoisotopic (exact) mass is 303 g/mol. The van der Waals surface area contributed by atoms with Crippen LogP contribution < -0.4 is 5.32 Å². The Morgan fingerprint density at radius 2 is 2.05 bits per heavy atom. The number of hydrogen-bond acceptors (Lipinski definition) is 4. The van der Waals surface area contributed by atoms with Crippen molar-refractivity contribution >= 4 is 29.3 Å². The van der Waals surface area contributed by atoms with Gasteiger partial charge in [0.05, 0.1) is 18.8 Å². The molecule has 0 spiro atoms. The summed E-state index contributed by atoms with van der Waals surface area (Å²) in [6.45, 7) is 1.70. The number of methoxy groups -OCH3 is 1. The molecule has 0 fully saturated rings. The van der Waals surface area contributed by atoms with Crippen molar-refractivity contribution in [2.75, 3.05) is 23.9 Å². The molecule has 0 aliphatic heterocycles. The van der Waals surface area contributed by atoms with Gasteiger partial charge in [0.15, 0.2) is 11.6 Å². The van der Waals surface area contributed by atoms with Gasteiger partial charge in [0.25, 0.3) is 0 Å². The van der Waals surface area contributed by atoms with Crippen LogP contribution in [0.3, 0.4) is 0 Å². The summed E-state index contributed by atoms with van der Waals surface area (Å²) in [5, 5.41) is 2.44. The van der Waals surface area contributed by atoms with E-state index in [-0.39, 0.29) is 29.2 Å². The van der Waals surface area contributed by atoms with Crippen LogP contribution in [0.1, 0.15) is 6.92 Å². The fourth-order valence-electron chi connectivity index (χ4n) is 1.37. The summed E-state index contributed by atoms with van der Waals surface area (Å²) in [7, 11) is 1.30. The van der Waals surface area contributed by atoms with Gasteiger partial charge in [0.2, 0.25) is 5.91 Å². The molecule has 0 saturated heterocycles. The van der Waals surface area contributed by atoms with E-state index < -0.39 is 11.6 Å². The van der Waals surface area contributed by atoms with E-state index in [4.69, 9.17) is 0 Å². The van der Waals surface area contributed by atoms with Gasteiger partial charge in [0.1, 0.15) is 0 Å². The van der Waals surface area contributed by atoms with Crippen LogP contribution in [0.15, 0.2) is 18.2 Å². The number of rotatable bonds is 6. The van der Waals surface area contributed by atoms with Crippen molar-refractivity contribution in [3.8, 4) is 0 Å². The zero-order valence-electron chi connectivity index (χ0n) is 11.1. The van der Waals surface area contributed by atoms with Crippen LogP contribution >= 0.6 is 11.8 Å². The SMILES string of the molecule is COC(=O)C(C)CSCC(=O)Nc1ccc(F)c(F)c1. The summed E-state index contributed by atoms with van der Waals surface area (Å²) in [5.74, 6) is -2.42. The summed E-state index contributed by atoms with van der Waals surface area (Å²) >= 11 is 1.26. The molecule has 0 heterocycles. The van der Waals surface area contributed by atoms with Gasteiger partial charge in [0, 0.05) is 17.5 Å². The summed E-state index contributed by atoms with van der Waals surface area (Å²) in [6, 6.07) is 3.13. The number of halogens is 2. The van der Waals surface area contributed by atoms with Crippen molar-refractivity contribution in [2.45, 2.75) is 6.92 Å². The predicted molar refractivity (Wildman–Crippen MR) is 73.5 cm³/mol. The Bertz CT molecular complexity index is 497. The molecule has 0 aliphatic rings. The van der Waals surface area contributed by atoms with Crippen LogP contribution in [0.5, 0.6) is 0 Å². The average molecular weight is 303 g/mol. The molecule has 20 heavy (non-hydrogen) atoms. The second kappa shape index (κ2) is 7.84. The van der Waals surface area contributed by atoms with Crippen LogP contribution in [0, 0.1) is 17.6 Å². The zero-order valence-corrected chi connectivity index (χ0v) is 11.9. The molecular formula is C13H15F2NO3S. The molecule has 1 aromatic carbocycles. The van der Waals surface area contributed by atoms with E-state index in [1.165, 1.54) is 24.9 Å². The first-order valence-electron chi connectivity index (χ1n) is 5.84. The quantitative estimate of drug-likeness (QED) is 0.820. The van der Waals surface area contributed by atoms with Crippen molar-refractivity contribution in [1.82, 2.24) is 0 Å². The number of thioether (sulfide) groups is 1. The van der Waals surface area contributed by atoms with Gasteiger partial charge in [-0.1, -0.05) is 6.92 Å². The first kappa shape index (κ1) is 16.4. The molecule has 110 valence electrons. The highest BCUT2D eigenvalue weighted by Crippen LogP contribution is 2.14. The molecular weight excluding hydrogens is 288 g/mol. The average Bonchev–Trinajstić information content (AvgIpc) is 2.41. The molecule has 1 unspecified atom stereocenters. The summed E-state index contributed by atoms with van der Waals surface area (Å²) in [6.07, 6.45) is 0. The lowest BCUT2D eigenvalue weighted by Gasteiger charge is -2.09. The van der Waals surface area contributed by atoms with E-state index in [9.17, 15) is 18.4 Å². The lowest BCUT2D eigenvalue weighted by atomic mass is 10.2. The number of hydrogen-bond donors (Lipinski definition) is 1. The Hall–Kier alpha value is -1.63. The lowest BCUT2D eigenvalue weighted by molar-refractivity contribution is -0.144. The van der Waals surface area contributed by atoms with E-state index in [0.717, 1.165) is 12.1 Å². The maximum atomic E-state index is 12.9. The van der Waals surface area contributed by atoms with Crippen molar-refractivity contribution < 1.29 is 23.1 Å². The number of carbonyl (C=O) groups excluding carboxylic acids is 2. The maximum absolute atomic E-state index is 12.9. The highest BCUT2D eigenvalue weighted by Gasteiger charge is 2.14. The molecule has 1 amide bonds. The van der Waals surface area contributed by atoms with E-state index in [0.29, 0.717) is 5.75 Å². The molecule has 1 N–H and O–H groups in total. The molecule has 0 radical (unpaired) electrons. The van der Waals surface area contributed by atoms with Crippen molar-refractivity contribution in [1.29, 1.82) is 0 Å². The van der Waals surface area contributed by atoms with Crippen LogP contribution in [0.25, 0.3) is 0 Å². The minimum atomic E-state index is -1.02. The van der Waals surface area contributed by atoms with E-state index >= 15 is 0 Å². The van der Waals surface area contributed by atoms with Crippen molar-refractivity contribution in [3.63, 3.8) is 0 Å². The Morgan fingerprint density at radius 1 is 1.35 bits per heavy atom. The fourth-order valence-corrected chi connectivity index (χ4v) is 2.23. The molecule has 1 atom stereocenters. The maximum Gasteiger partial charge on any atom is 0.309 e. The topological polar surface area (TPSA) is 55.4 Å². The normalized spacial score (nSPS) is 11.8. The third-order valence-electron chi connectivity index (χ3n) is 2.41. The molecule has 1 rings (SSSR count). The number of nitrogens with one attached hydrogen (secondary N) is 1. The first-order chi connectivity index (χ1) is 9.43. The van der Waals surface area contributed by atoms with Crippen LogP contribution in [-0.2, 0) is 14.3 Å². The molecule has 0 aromatic heterocycles. The van der Waals surface area contributed by atoms with Gasteiger partial charge < -0.3 is 10.1 Å². The van der Waals surface area contributed by atoms with Crippen LogP contribution in [0.4, 0.5) is 14.5 Å². The zero-order chi connectivity index (χ0) is 15.1. The van der Waals surface area contributed by atoms with Gasteiger partial charge in [-0.3, -0.25) is 9.59 Å². The lowest BCUT2D eigenvalue weighted by Crippen LogP contribution is -2.18. The third-order valence-corrected chi connectivity index (χ3v) is 3.61. The minimum absolute atomic E-state index is 0.111. The van der Waals surface area contributed by atoms with Gasteiger partial charge in [-0.25, -0.2) is 8.78 Å². The van der Waals surface area contributed by atoms with Crippen LogP contribution in [0.2, 0.25) is 0 Å². The Morgan fingerprint density at radius 3 is 2.65 bits per heavy atom. The summed E-state index contributed by atoms with van der Waals surface area (Å²) in [5.41, 5.74) is 0.190. The van der Waals surface area contributed by atoms with Gasteiger partial charge in [-0.05, 0) is 12.1 Å². The Kier molecular flexibility index (Phi) is 6.44. The van der Waals surface area contributed by atoms with Crippen molar-refractivity contribution in [2.24, 2.45) is 5.92 Å². The van der Waals surface area contributed by atoms with E-state index in [1.54, 1.807) is 6.92 Å². The number of anilines is 1. The molecule has 1 aromatic rings. The number of esters is 1. The Labute approximate surface area is 119 Å². The number of carbonyl (C=O) groups is 2. The first-order valence-corrected chi connectivity index (χ1v) is 7.00. The highest BCUT2D eigenvalue weighted by molar-refractivity contribution is 8.00. The summed E-state index contributed by atoms with van der Waals surface area (Å²) < 4.78 is 30.2. The molecule has 0 aliphatic carbocycles. The molecule has 4 nitrogen and oxygen atoms in total. The standard InChI is InChI=1S/C13H15F2NO3S/c1-8(13(18)19-2)6-20-7-12(17)16-9-3-4-10(14)11(15)5-9/h3-5,8H,6-7H2,1-2H3,(H,16,17). The molecule has 0 saturated carbocycles. The van der Waals surface area contributed by atoms with Gasteiger partial charge >= 0.3 is 5.97 Å². The predicted octanol–water partition coefficient (Wildman–Crippen LogP) is 2.45. The van der Waals surface area contributed by atoms with Crippen LogP contribution in [-0.4, -0.2) is 30.5 Å². The van der Waals surface area contributed by atoms with Gasteiger partial charge in [-0.2, -0.15) is 11.8 Å². The smallest absolute Gasteiger partial charge is 0.309 e. The summed E-state index contributed by atoms with van der Waals surface area (Å²) in [4.78, 5) is 22.7. The number of amides is 1. The number of ether oxygens (including phenoxy) is 1. The second-order valence-electron chi connectivity index (χ2n) is 4.12.